The minimum Gasteiger partial charge on any atom is -0.341 e. The van der Waals surface area contributed by atoms with Crippen molar-refractivity contribution >= 4 is 5.91 Å². The van der Waals surface area contributed by atoms with Gasteiger partial charge in [-0.3, -0.25) is 9.48 Å². The second-order valence-corrected chi connectivity index (χ2v) is 8.00. The topological polar surface area (TPSA) is 50.2 Å². The van der Waals surface area contributed by atoms with Crippen molar-refractivity contribution < 1.29 is 4.79 Å². The Bertz CT molecular complexity index is 728. The number of amides is 1. The molecular formula is C22H30N4O. The van der Waals surface area contributed by atoms with Crippen LogP contribution in [0.4, 0.5) is 0 Å². The second kappa shape index (κ2) is 8.70. The Hall–Kier alpha value is -2.14. The van der Waals surface area contributed by atoms with E-state index in [2.05, 4.69) is 46.8 Å². The van der Waals surface area contributed by atoms with Crippen molar-refractivity contribution in [3.8, 4) is 0 Å². The van der Waals surface area contributed by atoms with Crippen molar-refractivity contribution in [3.05, 3.63) is 53.9 Å². The van der Waals surface area contributed by atoms with Gasteiger partial charge in [-0.15, -0.1) is 0 Å². The van der Waals surface area contributed by atoms with Gasteiger partial charge in [0, 0.05) is 31.7 Å². The third-order valence-electron chi connectivity index (χ3n) is 6.01. The third-order valence-corrected chi connectivity index (χ3v) is 6.01. The Morgan fingerprint density at radius 3 is 2.67 bits per heavy atom. The SMILES string of the molecule is O=C(Cn1ccc([C@@H]2CCCNC2)n1)N1CCC(Cc2ccccc2)CC1. The summed E-state index contributed by atoms with van der Waals surface area (Å²) in [5.74, 6) is 1.37. The summed E-state index contributed by atoms with van der Waals surface area (Å²) in [6, 6.07) is 12.8. The smallest absolute Gasteiger partial charge is 0.244 e. The number of aromatic nitrogens is 2. The Balaban J connectivity index is 1.25. The Morgan fingerprint density at radius 1 is 1.11 bits per heavy atom. The highest BCUT2D eigenvalue weighted by atomic mass is 16.2. The van der Waals surface area contributed by atoms with Crippen molar-refractivity contribution in [2.45, 2.75) is 44.6 Å². The number of carbonyl (C=O) groups is 1. The van der Waals surface area contributed by atoms with Crippen LogP contribution in [0.3, 0.4) is 0 Å². The van der Waals surface area contributed by atoms with Gasteiger partial charge in [-0.05, 0) is 56.2 Å². The van der Waals surface area contributed by atoms with E-state index < -0.39 is 0 Å². The maximum Gasteiger partial charge on any atom is 0.244 e. The van der Waals surface area contributed by atoms with Crippen LogP contribution in [-0.4, -0.2) is 46.8 Å². The second-order valence-electron chi connectivity index (χ2n) is 8.00. The molecule has 2 aromatic rings. The van der Waals surface area contributed by atoms with E-state index in [4.69, 9.17) is 0 Å². The van der Waals surface area contributed by atoms with Crippen LogP contribution in [0.2, 0.25) is 0 Å². The van der Waals surface area contributed by atoms with Gasteiger partial charge in [-0.1, -0.05) is 30.3 Å². The van der Waals surface area contributed by atoms with Crippen LogP contribution in [0.5, 0.6) is 0 Å². The zero-order valence-electron chi connectivity index (χ0n) is 16.0. The molecule has 1 N–H and O–H groups in total. The lowest BCUT2D eigenvalue weighted by Gasteiger charge is -2.32. The summed E-state index contributed by atoms with van der Waals surface area (Å²) in [6.07, 6.45) is 7.67. The number of carbonyl (C=O) groups excluding carboxylic acids is 1. The number of nitrogens with one attached hydrogen (secondary N) is 1. The van der Waals surface area contributed by atoms with Crippen LogP contribution in [0, 0.1) is 5.92 Å². The number of piperidine rings is 2. The highest BCUT2D eigenvalue weighted by Gasteiger charge is 2.24. The standard InChI is InChI=1S/C22H30N4O/c27-22(17-26-14-10-21(24-26)20-7-4-11-23-16-20)25-12-8-19(9-13-25)15-18-5-2-1-3-6-18/h1-3,5-6,10,14,19-20,23H,4,7-9,11-13,15-17H2/t20-/m1/s1. The number of rotatable bonds is 5. The molecule has 0 spiro atoms. The molecule has 1 amide bonds. The first kappa shape index (κ1) is 18.2. The minimum absolute atomic E-state index is 0.199. The number of likely N-dealkylation sites (tertiary alicyclic amines) is 1. The molecule has 2 aliphatic heterocycles. The lowest BCUT2D eigenvalue weighted by Crippen LogP contribution is -2.40. The van der Waals surface area contributed by atoms with Crippen molar-refractivity contribution in [2.75, 3.05) is 26.2 Å². The normalized spacial score (nSPS) is 21.3. The number of benzene rings is 1. The highest BCUT2D eigenvalue weighted by molar-refractivity contribution is 5.76. The van der Waals surface area contributed by atoms with E-state index in [1.54, 1.807) is 0 Å². The van der Waals surface area contributed by atoms with Gasteiger partial charge in [-0.25, -0.2) is 0 Å². The average Bonchev–Trinajstić information content (AvgIpc) is 3.18. The molecule has 2 saturated heterocycles. The van der Waals surface area contributed by atoms with E-state index in [1.807, 2.05) is 15.8 Å². The molecular weight excluding hydrogens is 336 g/mol. The van der Waals surface area contributed by atoms with Gasteiger partial charge in [0.2, 0.25) is 5.91 Å². The van der Waals surface area contributed by atoms with Gasteiger partial charge < -0.3 is 10.2 Å². The van der Waals surface area contributed by atoms with Crippen LogP contribution >= 0.6 is 0 Å². The molecule has 0 bridgehead atoms. The molecule has 0 radical (unpaired) electrons. The summed E-state index contributed by atoms with van der Waals surface area (Å²) >= 11 is 0. The summed E-state index contributed by atoms with van der Waals surface area (Å²) in [7, 11) is 0. The monoisotopic (exact) mass is 366 g/mol. The predicted molar refractivity (Wildman–Crippen MR) is 107 cm³/mol. The summed E-state index contributed by atoms with van der Waals surface area (Å²) in [6.45, 7) is 4.22. The van der Waals surface area contributed by atoms with Gasteiger partial charge in [0.15, 0.2) is 0 Å². The van der Waals surface area contributed by atoms with Gasteiger partial charge in [0.25, 0.3) is 0 Å². The van der Waals surface area contributed by atoms with E-state index in [-0.39, 0.29) is 5.91 Å². The van der Waals surface area contributed by atoms with E-state index >= 15 is 0 Å². The average molecular weight is 367 g/mol. The van der Waals surface area contributed by atoms with Crippen LogP contribution in [0.15, 0.2) is 42.6 Å². The number of nitrogens with zero attached hydrogens (tertiary/aromatic N) is 3. The first-order valence-corrected chi connectivity index (χ1v) is 10.3. The minimum atomic E-state index is 0.199. The lowest BCUT2D eigenvalue weighted by molar-refractivity contribution is -0.133. The lowest BCUT2D eigenvalue weighted by atomic mass is 9.90. The fourth-order valence-corrected chi connectivity index (χ4v) is 4.36. The summed E-state index contributed by atoms with van der Waals surface area (Å²) in [5.41, 5.74) is 2.53. The first-order valence-electron chi connectivity index (χ1n) is 10.3. The maximum atomic E-state index is 12.7. The fourth-order valence-electron chi connectivity index (χ4n) is 4.36. The zero-order valence-corrected chi connectivity index (χ0v) is 16.0. The molecule has 1 atom stereocenters. The molecule has 4 rings (SSSR count). The van der Waals surface area contributed by atoms with Gasteiger partial charge in [-0.2, -0.15) is 5.10 Å². The summed E-state index contributed by atoms with van der Waals surface area (Å²) < 4.78 is 1.82. The van der Waals surface area contributed by atoms with Crippen LogP contribution in [0.25, 0.3) is 0 Å². The third kappa shape index (κ3) is 4.78. The molecule has 0 saturated carbocycles. The summed E-state index contributed by atoms with van der Waals surface area (Å²) in [5, 5.41) is 8.10. The molecule has 5 heteroatoms. The van der Waals surface area contributed by atoms with Crippen LogP contribution in [-0.2, 0) is 17.8 Å². The van der Waals surface area contributed by atoms with Gasteiger partial charge in [0.1, 0.15) is 6.54 Å². The molecule has 1 aromatic heterocycles. The van der Waals surface area contributed by atoms with E-state index in [0.29, 0.717) is 18.4 Å². The fraction of sp³-hybridized carbons (Fsp3) is 0.545. The van der Waals surface area contributed by atoms with Gasteiger partial charge >= 0.3 is 0 Å². The maximum absolute atomic E-state index is 12.7. The molecule has 5 nitrogen and oxygen atoms in total. The molecule has 2 fully saturated rings. The summed E-state index contributed by atoms with van der Waals surface area (Å²) in [4.78, 5) is 14.7. The van der Waals surface area contributed by atoms with Crippen molar-refractivity contribution in [3.63, 3.8) is 0 Å². The predicted octanol–water partition coefficient (Wildman–Crippen LogP) is 2.83. The first-order chi connectivity index (χ1) is 13.3. The number of hydrogen-bond acceptors (Lipinski definition) is 3. The van der Waals surface area contributed by atoms with Crippen molar-refractivity contribution in [1.82, 2.24) is 20.0 Å². The van der Waals surface area contributed by atoms with E-state index in [9.17, 15) is 4.79 Å². The van der Waals surface area contributed by atoms with E-state index in [0.717, 1.165) is 51.1 Å². The molecule has 0 unspecified atom stereocenters. The Labute approximate surface area is 161 Å². The Morgan fingerprint density at radius 2 is 1.93 bits per heavy atom. The number of hydrogen-bond donors (Lipinski definition) is 1. The highest BCUT2D eigenvalue weighted by Crippen LogP contribution is 2.23. The molecule has 0 aliphatic carbocycles. The molecule has 3 heterocycles. The molecule has 1 aromatic carbocycles. The Kier molecular flexibility index (Phi) is 5.87. The molecule has 27 heavy (non-hydrogen) atoms. The molecule has 144 valence electrons. The van der Waals surface area contributed by atoms with Crippen LogP contribution < -0.4 is 5.32 Å². The van der Waals surface area contributed by atoms with Crippen molar-refractivity contribution in [2.24, 2.45) is 5.92 Å². The quantitative estimate of drug-likeness (QED) is 0.885. The van der Waals surface area contributed by atoms with E-state index in [1.165, 1.54) is 18.4 Å². The van der Waals surface area contributed by atoms with Crippen LogP contribution in [0.1, 0.15) is 42.9 Å². The largest absolute Gasteiger partial charge is 0.341 e. The zero-order chi connectivity index (χ0) is 18.5. The van der Waals surface area contributed by atoms with Crippen molar-refractivity contribution in [1.29, 1.82) is 0 Å². The van der Waals surface area contributed by atoms with Gasteiger partial charge in [0.05, 0.1) is 5.69 Å². The molecule has 2 aliphatic rings.